The average molecular weight is 775 g/mol. The quantitative estimate of drug-likeness (QED) is 0.133. The van der Waals surface area contributed by atoms with E-state index < -0.39 is 24.1 Å². The summed E-state index contributed by atoms with van der Waals surface area (Å²) in [6.07, 6.45) is 4.85. The highest BCUT2D eigenvalue weighted by atomic mass is 32.1. The second-order valence-electron chi connectivity index (χ2n) is 11.3. The van der Waals surface area contributed by atoms with E-state index in [1.54, 1.807) is 73.3 Å². The molecule has 0 spiro atoms. The molecule has 0 saturated carbocycles. The number of rotatable bonds is 16. The van der Waals surface area contributed by atoms with Crippen LogP contribution >= 0.6 is 27.0 Å². The average Bonchev–Trinajstić information content (AvgIpc) is 3.91. The van der Waals surface area contributed by atoms with Crippen molar-refractivity contribution < 1.29 is 38.7 Å². The maximum absolute atomic E-state index is 12.1. The maximum Gasteiger partial charge on any atom is 0.338 e. The summed E-state index contributed by atoms with van der Waals surface area (Å²) in [6.45, 7) is 1.20. The smallest absolute Gasteiger partial charge is 0.338 e. The zero-order chi connectivity index (χ0) is 36.4. The van der Waals surface area contributed by atoms with Crippen LogP contribution in [0, 0.1) is 0 Å². The summed E-state index contributed by atoms with van der Waals surface area (Å²) < 4.78 is 23.1. The molecule has 2 heterocycles. The van der Waals surface area contributed by atoms with Crippen molar-refractivity contribution in [3.8, 4) is 11.5 Å². The van der Waals surface area contributed by atoms with Crippen LogP contribution in [0.4, 0.5) is 0 Å². The van der Waals surface area contributed by atoms with Crippen LogP contribution in [0.5, 0.6) is 11.5 Å². The van der Waals surface area contributed by atoms with Crippen molar-refractivity contribution in [1.29, 1.82) is 0 Å². The first-order chi connectivity index (χ1) is 25.4. The van der Waals surface area contributed by atoms with Crippen molar-refractivity contribution in [3.05, 3.63) is 156 Å². The molecule has 0 aliphatic carbocycles. The van der Waals surface area contributed by atoms with Crippen molar-refractivity contribution in [2.24, 2.45) is 0 Å². The summed E-state index contributed by atoms with van der Waals surface area (Å²) in [5, 5.41) is 35.1. The first kappa shape index (κ1) is 42.7. The minimum absolute atomic E-state index is 0. The molecule has 54 heavy (non-hydrogen) atoms. The molecular weight excluding hydrogens is 733 g/mol. The van der Waals surface area contributed by atoms with Crippen LogP contribution in [0.1, 0.15) is 31.8 Å². The van der Waals surface area contributed by atoms with Gasteiger partial charge in [-0.05, 0) is 59.7 Å². The molecule has 6 rings (SSSR count). The lowest BCUT2D eigenvalue weighted by molar-refractivity contribution is 0.0464. The first-order valence-electron chi connectivity index (χ1n) is 16.3. The highest BCUT2D eigenvalue weighted by Crippen LogP contribution is 2.16. The molecule has 0 fully saturated rings. The molecule has 0 amide bonds. The largest absolute Gasteiger partial charge is 0.491 e. The van der Waals surface area contributed by atoms with E-state index in [0.29, 0.717) is 29.2 Å². The zero-order valence-corrected chi connectivity index (χ0v) is 31.1. The fourth-order valence-corrected chi connectivity index (χ4v) is 4.55. The van der Waals surface area contributed by atoms with E-state index >= 15 is 0 Å². The van der Waals surface area contributed by atoms with E-state index in [-0.39, 0.29) is 60.0 Å². The number of aromatic nitrogens is 6. The summed E-state index contributed by atoms with van der Waals surface area (Å²) in [5.41, 5.74) is 2.75. The third-order valence-corrected chi connectivity index (χ3v) is 7.20. The van der Waals surface area contributed by atoms with Gasteiger partial charge < -0.3 is 29.2 Å². The van der Waals surface area contributed by atoms with E-state index in [9.17, 15) is 19.8 Å². The number of aliphatic hydroxyl groups excluding tert-OH is 2. The molecule has 0 aliphatic heterocycles. The molecule has 2 atom stereocenters. The Kier molecular flexibility index (Phi) is 18.3. The number of esters is 2. The third-order valence-electron chi connectivity index (χ3n) is 7.20. The molecule has 0 radical (unpaired) electrons. The van der Waals surface area contributed by atoms with Crippen molar-refractivity contribution >= 4 is 38.9 Å². The molecule has 14 nitrogen and oxygen atoms in total. The number of aliphatic hydroxyl groups is 2. The SMILES string of the molecule is O=C(OCc1ccccc1)c1ccc(OC[C@@H](O)Cn2ccnn2)cc1.O=C(OCc1ccccc1)c1ccc(OC[C@@H](O)Cn2nccn2)cc1.S.S. The Morgan fingerprint density at radius 1 is 0.593 bits per heavy atom. The van der Waals surface area contributed by atoms with Crippen LogP contribution in [-0.4, -0.2) is 77.6 Å². The summed E-state index contributed by atoms with van der Waals surface area (Å²) >= 11 is 0. The van der Waals surface area contributed by atoms with Gasteiger partial charge in [-0.15, -0.1) is 5.10 Å². The summed E-state index contributed by atoms with van der Waals surface area (Å²) in [6, 6.07) is 32.2. The van der Waals surface area contributed by atoms with Crippen LogP contribution in [0.2, 0.25) is 0 Å². The molecule has 0 unspecified atom stereocenters. The number of carbonyl (C=O) groups excluding carboxylic acids is 2. The third kappa shape index (κ3) is 14.7. The molecule has 6 aromatic rings. The normalized spacial score (nSPS) is 11.3. The molecule has 16 heteroatoms. The Morgan fingerprint density at radius 2 is 1.04 bits per heavy atom. The lowest BCUT2D eigenvalue weighted by Gasteiger charge is -2.12. The van der Waals surface area contributed by atoms with Crippen molar-refractivity contribution in [3.63, 3.8) is 0 Å². The van der Waals surface area contributed by atoms with Crippen molar-refractivity contribution in [1.82, 2.24) is 30.0 Å². The molecular formula is C38H42N6O8S2. The van der Waals surface area contributed by atoms with Crippen LogP contribution in [0.25, 0.3) is 0 Å². The predicted octanol–water partition coefficient (Wildman–Crippen LogP) is 4.38. The Morgan fingerprint density at radius 3 is 1.46 bits per heavy atom. The van der Waals surface area contributed by atoms with Gasteiger partial charge in [-0.25, -0.2) is 14.3 Å². The number of ether oxygens (including phenoxy) is 4. The van der Waals surface area contributed by atoms with E-state index in [4.69, 9.17) is 18.9 Å². The second-order valence-corrected chi connectivity index (χ2v) is 11.3. The lowest BCUT2D eigenvalue weighted by Crippen LogP contribution is -2.24. The van der Waals surface area contributed by atoms with Crippen LogP contribution in [0.3, 0.4) is 0 Å². The predicted molar refractivity (Wildman–Crippen MR) is 208 cm³/mol. The van der Waals surface area contributed by atoms with Gasteiger partial charge in [0.25, 0.3) is 0 Å². The Bertz CT molecular complexity index is 1760. The Balaban J connectivity index is 0.000000280. The minimum atomic E-state index is -0.738. The van der Waals surface area contributed by atoms with Crippen molar-refractivity contribution in [2.45, 2.75) is 38.5 Å². The number of hydrogen-bond acceptors (Lipinski definition) is 12. The molecule has 0 aliphatic rings. The number of hydrogen-bond donors (Lipinski definition) is 2. The Hall–Kier alpha value is -5.68. The Labute approximate surface area is 326 Å². The van der Waals surface area contributed by atoms with Gasteiger partial charge in [-0.3, -0.25) is 0 Å². The highest BCUT2D eigenvalue weighted by Gasteiger charge is 2.12. The number of benzene rings is 4. The number of carbonyl (C=O) groups is 2. The van der Waals surface area contributed by atoms with Gasteiger partial charge in [-0.2, -0.15) is 42.0 Å². The van der Waals surface area contributed by atoms with Crippen molar-refractivity contribution in [2.75, 3.05) is 13.2 Å². The first-order valence-corrected chi connectivity index (χ1v) is 16.3. The topological polar surface area (TPSA) is 173 Å². The monoisotopic (exact) mass is 774 g/mol. The van der Waals surface area contributed by atoms with Gasteiger partial charge in [0.05, 0.1) is 42.8 Å². The van der Waals surface area contributed by atoms with Gasteiger partial charge in [-0.1, -0.05) is 65.9 Å². The molecule has 284 valence electrons. The number of nitrogens with zero attached hydrogens (tertiary/aromatic N) is 6. The van der Waals surface area contributed by atoms with Crippen LogP contribution in [0.15, 0.2) is 134 Å². The fourth-order valence-electron chi connectivity index (χ4n) is 4.55. The lowest BCUT2D eigenvalue weighted by atomic mass is 10.2. The van der Waals surface area contributed by atoms with Gasteiger partial charge in [0.15, 0.2) is 0 Å². The van der Waals surface area contributed by atoms with E-state index in [1.165, 1.54) is 9.48 Å². The maximum atomic E-state index is 12.1. The molecule has 4 aromatic carbocycles. The summed E-state index contributed by atoms with van der Waals surface area (Å²) in [7, 11) is 0. The molecule has 0 saturated heterocycles. The van der Waals surface area contributed by atoms with Gasteiger partial charge in [0, 0.05) is 6.20 Å². The molecule has 0 bridgehead atoms. The van der Waals surface area contributed by atoms with Gasteiger partial charge in [0.1, 0.15) is 50.1 Å². The van der Waals surface area contributed by atoms with E-state index in [2.05, 4.69) is 20.5 Å². The molecule has 2 N–H and O–H groups in total. The highest BCUT2D eigenvalue weighted by molar-refractivity contribution is 7.59. The van der Waals surface area contributed by atoms with Crippen LogP contribution in [-0.2, 0) is 35.8 Å². The van der Waals surface area contributed by atoms with Gasteiger partial charge >= 0.3 is 11.9 Å². The van der Waals surface area contributed by atoms with E-state index in [0.717, 1.165) is 11.1 Å². The van der Waals surface area contributed by atoms with Gasteiger partial charge in [0.2, 0.25) is 0 Å². The minimum Gasteiger partial charge on any atom is -0.491 e. The molecule has 2 aromatic heterocycles. The van der Waals surface area contributed by atoms with Crippen LogP contribution < -0.4 is 9.47 Å². The fraction of sp³-hybridized carbons (Fsp3) is 0.211. The summed E-state index contributed by atoms with van der Waals surface area (Å²) in [4.78, 5) is 25.5. The standard InChI is InChI=1S/2C19H19N3O4.2H2S/c23-17(12-22-11-10-20-21-22)14-25-18-8-6-16(7-9-18)19(24)26-13-15-4-2-1-3-5-15;23-17(12-22-20-10-11-21-22)14-25-18-8-6-16(7-9-18)19(24)26-13-15-4-2-1-3-5-15;;/h2*1-11,17,23H,12-14H2;2*1H2/t2*17-;;/m00../s1. The van der Waals surface area contributed by atoms with E-state index in [1.807, 2.05) is 60.7 Å². The second kappa shape index (κ2) is 23.1. The summed E-state index contributed by atoms with van der Waals surface area (Å²) in [5.74, 6) is 0.316. The zero-order valence-electron chi connectivity index (χ0n) is 29.1.